The third-order valence-electron chi connectivity index (χ3n) is 5.84. The molecule has 5 heteroatoms. The lowest BCUT2D eigenvalue weighted by molar-refractivity contribution is -0.147. The minimum absolute atomic E-state index is 0.122. The van der Waals surface area contributed by atoms with Gasteiger partial charge in [0.15, 0.2) is 0 Å². The van der Waals surface area contributed by atoms with Crippen molar-refractivity contribution < 1.29 is 24.2 Å². The van der Waals surface area contributed by atoms with Crippen molar-refractivity contribution in [2.24, 2.45) is 11.8 Å². The lowest BCUT2D eigenvalue weighted by Gasteiger charge is -2.33. The predicted molar refractivity (Wildman–Crippen MR) is 131 cm³/mol. The summed E-state index contributed by atoms with van der Waals surface area (Å²) in [6, 6.07) is 0. The van der Waals surface area contributed by atoms with Crippen LogP contribution in [0.2, 0.25) is 0 Å². The highest BCUT2D eigenvalue weighted by molar-refractivity contribution is 5.83. The van der Waals surface area contributed by atoms with Crippen LogP contribution in [0.1, 0.15) is 53.9 Å². The molecule has 0 aromatic carbocycles. The van der Waals surface area contributed by atoms with Gasteiger partial charge in [0, 0.05) is 24.8 Å². The summed E-state index contributed by atoms with van der Waals surface area (Å²) < 4.78 is 11.2. The molecular weight excluding hydrogens is 416 g/mol. The van der Waals surface area contributed by atoms with Crippen LogP contribution in [0.4, 0.5) is 0 Å². The summed E-state index contributed by atoms with van der Waals surface area (Å²) in [5.41, 5.74) is 2.31. The number of ketones is 1. The smallest absolute Gasteiger partial charge is 0.331 e. The molecule has 0 bridgehead atoms. The summed E-state index contributed by atoms with van der Waals surface area (Å²) in [5, 5.41) is 10.5. The van der Waals surface area contributed by atoms with E-state index in [2.05, 4.69) is 19.9 Å². The number of carbonyl (C=O) groups excluding carboxylic acids is 2. The molecule has 0 amide bonds. The minimum atomic E-state index is -0.827. The quantitative estimate of drug-likeness (QED) is 0.295. The van der Waals surface area contributed by atoms with E-state index in [1.165, 1.54) is 11.6 Å². The number of aliphatic hydroxyl groups is 1. The van der Waals surface area contributed by atoms with Crippen LogP contribution in [-0.4, -0.2) is 41.3 Å². The fourth-order valence-electron chi connectivity index (χ4n) is 4.05. The number of Topliss-reactive ketones (excluding diaryl/α,β-unsaturated/α-hetero) is 1. The number of esters is 1. The number of rotatable bonds is 9. The van der Waals surface area contributed by atoms with Crippen LogP contribution in [0.25, 0.3) is 0 Å². The monoisotopic (exact) mass is 454 g/mol. The van der Waals surface area contributed by atoms with E-state index in [1.54, 1.807) is 6.08 Å². The molecule has 180 valence electrons. The third-order valence-corrected chi connectivity index (χ3v) is 5.84. The Morgan fingerprint density at radius 1 is 1.27 bits per heavy atom. The first-order valence-electron chi connectivity index (χ1n) is 11.8. The predicted octanol–water partition coefficient (Wildman–Crippen LogP) is 5.19. The van der Waals surface area contributed by atoms with Gasteiger partial charge in [0.2, 0.25) is 0 Å². The standard InChI is InChI=1S/C28H38O5/c1-6-9-26-22(5)25(30)18-27(33-26)24(29)12-7-10-19(2)16-21(4)17-20(3)14-15-23-11-8-13-28(31)32-23/h6-10,12-15,17,21-24,26-27,29H,11,16,18H2,1-5H3/b9-6+,12-7+,15-14+,19-10+,20-17-/t21-,22+,23-,24-,26+,27+/m1/s1. The number of ether oxygens (including phenoxy) is 2. The van der Waals surface area contributed by atoms with Gasteiger partial charge in [-0.15, -0.1) is 0 Å². The van der Waals surface area contributed by atoms with Crippen molar-refractivity contribution in [3.05, 3.63) is 71.9 Å². The lowest BCUT2D eigenvalue weighted by atomic mass is 9.89. The van der Waals surface area contributed by atoms with Crippen molar-refractivity contribution >= 4 is 11.8 Å². The van der Waals surface area contributed by atoms with E-state index < -0.39 is 12.2 Å². The highest BCUT2D eigenvalue weighted by atomic mass is 16.5. The molecule has 2 aliphatic heterocycles. The number of cyclic esters (lactones) is 1. The van der Waals surface area contributed by atoms with Gasteiger partial charge in [-0.1, -0.05) is 73.6 Å². The SMILES string of the molecule is C/C=C/[C@@H]1O[C@H]([C@H](O)/C=C/C=C(\C)C[C@@H](C)/C=C(C)\C=C\[C@H]2CC=CC(=O)O2)CC(=O)[C@@H]1C. The molecular formula is C28H38O5. The summed E-state index contributed by atoms with van der Waals surface area (Å²) in [4.78, 5) is 23.5. The molecule has 0 spiro atoms. The Labute approximate surface area is 198 Å². The molecule has 2 rings (SSSR count). The Morgan fingerprint density at radius 2 is 2.03 bits per heavy atom. The van der Waals surface area contributed by atoms with Gasteiger partial charge in [-0.25, -0.2) is 4.79 Å². The van der Waals surface area contributed by atoms with Crippen LogP contribution in [0.15, 0.2) is 71.9 Å². The van der Waals surface area contributed by atoms with Gasteiger partial charge in [-0.3, -0.25) is 4.79 Å². The summed E-state index contributed by atoms with van der Waals surface area (Å²) in [7, 11) is 0. The Kier molecular flexibility index (Phi) is 10.8. The largest absolute Gasteiger partial charge is 0.455 e. The summed E-state index contributed by atoms with van der Waals surface area (Å²) in [6.45, 7) is 10.0. The maximum Gasteiger partial charge on any atom is 0.331 e. The molecule has 0 saturated carbocycles. The minimum Gasteiger partial charge on any atom is -0.455 e. The number of allylic oxidation sites excluding steroid dienone is 7. The highest BCUT2D eigenvalue weighted by Crippen LogP contribution is 2.25. The number of carbonyl (C=O) groups is 2. The van der Waals surface area contributed by atoms with Gasteiger partial charge < -0.3 is 14.6 Å². The van der Waals surface area contributed by atoms with Gasteiger partial charge in [0.25, 0.3) is 0 Å². The van der Waals surface area contributed by atoms with Gasteiger partial charge in [0.05, 0.1) is 18.3 Å². The second kappa shape index (κ2) is 13.3. The number of aliphatic hydroxyl groups excluding tert-OH is 1. The van der Waals surface area contributed by atoms with E-state index in [4.69, 9.17) is 9.47 Å². The van der Waals surface area contributed by atoms with Gasteiger partial charge in [0.1, 0.15) is 11.9 Å². The summed E-state index contributed by atoms with van der Waals surface area (Å²) in [6.07, 6.45) is 18.7. The average Bonchev–Trinajstić information content (AvgIpc) is 2.75. The van der Waals surface area contributed by atoms with E-state index >= 15 is 0 Å². The molecule has 1 N–H and O–H groups in total. The van der Waals surface area contributed by atoms with Crippen LogP contribution < -0.4 is 0 Å². The zero-order chi connectivity index (χ0) is 24.4. The van der Waals surface area contributed by atoms with Crippen molar-refractivity contribution in [2.45, 2.75) is 78.3 Å². The van der Waals surface area contributed by atoms with Crippen molar-refractivity contribution in [3.63, 3.8) is 0 Å². The van der Waals surface area contributed by atoms with Crippen LogP contribution in [-0.2, 0) is 19.1 Å². The maximum absolute atomic E-state index is 12.2. The van der Waals surface area contributed by atoms with Crippen LogP contribution in [0.5, 0.6) is 0 Å². The van der Waals surface area contributed by atoms with E-state index in [0.29, 0.717) is 12.3 Å². The van der Waals surface area contributed by atoms with E-state index in [1.807, 2.05) is 63.3 Å². The Balaban J connectivity index is 1.85. The zero-order valence-corrected chi connectivity index (χ0v) is 20.4. The van der Waals surface area contributed by atoms with E-state index in [9.17, 15) is 14.7 Å². The van der Waals surface area contributed by atoms with Gasteiger partial charge in [-0.05, 0) is 39.2 Å². The average molecular weight is 455 g/mol. The first-order valence-corrected chi connectivity index (χ1v) is 11.8. The van der Waals surface area contributed by atoms with Gasteiger partial charge in [-0.2, -0.15) is 0 Å². The molecule has 0 unspecified atom stereocenters. The lowest BCUT2D eigenvalue weighted by Crippen LogP contribution is -2.43. The number of hydrogen-bond acceptors (Lipinski definition) is 5. The maximum atomic E-state index is 12.2. The third kappa shape index (κ3) is 9.10. The first-order chi connectivity index (χ1) is 15.7. The zero-order valence-electron chi connectivity index (χ0n) is 20.4. The second-order valence-corrected chi connectivity index (χ2v) is 9.08. The molecule has 0 aromatic rings. The van der Waals surface area contributed by atoms with Gasteiger partial charge >= 0.3 is 5.97 Å². The molecule has 2 aliphatic rings. The van der Waals surface area contributed by atoms with Crippen LogP contribution in [0, 0.1) is 11.8 Å². The Hall–Kier alpha value is -2.50. The van der Waals surface area contributed by atoms with Crippen LogP contribution in [0.3, 0.4) is 0 Å². The Bertz CT molecular complexity index is 858. The molecule has 1 fully saturated rings. The van der Waals surface area contributed by atoms with Crippen molar-refractivity contribution in [1.29, 1.82) is 0 Å². The molecule has 0 radical (unpaired) electrons. The van der Waals surface area contributed by atoms with Crippen molar-refractivity contribution in [2.75, 3.05) is 0 Å². The van der Waals surface area contributed by atoms with Crippen LogP contribution >= 0.6 is 0 Å². The number of hydrogen-bond donors (Lipinski definition) is 1. The van der Waals surface area contributed by atoms with E-state index in [-0.39, 0.29) is 36.3 Å². The normalized spacial score (nSPS) is 29.3. The van der Waals surface area contributed by atoms with E-state index in [0.717, 1.165) is 12.0 Å². The topological polar surface area (TPSA) is 72.8 Å². The second-order valence-electron chi connectivity index (χ2n) is 9.08. The molecule has 33 heavy (non-hydrogen) atoms. The molecule has 6 atom stereocenters. The fraction of sp³-hybridized carbons (Fsp3) is 0.500. The van der Waals surface area contributed by atoms with Crippen molar-refractivity contribution in [1.82, 2.24) is 0 Å². The summed E-state index contributed by atoms with van der Waals surface area (Å²) >= 11 is 0. The Morgan fingerprint density at radius 3 is 2.73 bits per heavy atom. The first kappa shape index (κ1) is 26.7. The molecule has 0 aromatic heterocycles. The molecule has 0 aliphatic carbocycles. The highest BCUT2D eigenvalue weighted by Gasteiger charge is 2.35. The van der Waals surface area contributed by atoms with Crippen molar-refractivity contribution in [3.8, 4) is 0 Å². The summed E-state index contributed by atoms with van der Waals surface area (Å²) in [5.74, 6) is -0.0196. The molecule has 1 saturated heterocycles. The fourth-order valence-corrected chi connectivity index (χ4v) is 4.05. The molecule has 5 nitrogen and oxygen atoms in total. The molecule has 2 heterocycles.